The Morgan fingerprint density at radius 3 is 2.25 bits per heavy atom. The van der Waals surface area contributed by atoms with E-state index in [1.165, 1.54) is 0 Å². The van der Waals surface area contributed by atoms with Gasteiger partial charge >= 0.3 is 11.9 Å². The Balaban J connectivity index is 3.43. The van der Waals surface area contributed by atoms with Crippen LogP contribution in [-0.4, -0.2) is 18.2 Å². The van der Waals surface area contributed by atoms with E-state index in [2.05, 4.69) is 4.74 Å². The van der Waals surface area contributed by atoms with Crippen molar-refractivity contribution in [2.24, 2.45) is 0 Å². The second-order valence-corrected chi connectivity index (χ2v) is 2.85. The van der Waals surface area contributed by atoms with E-state index in [1.54, 1.807) is 0 Å². The van der Waals surface area contributed by atoms with Gasteiger partial charge in [-0.05, 0) is 6.07 Å². The van der Waals surface area contributed by atoms with Crippen molar-refractivity contribution >= 4 is 5.97 Å². The van der Waals surface area contributed by atoms with E-state index in [4.69, 9.17) is 5.11 Å². The third-order valence-electron chi connectivity index (χ3n) is 1.85. The fourth-order valence-electron chi connectivity index (χ4n) is 1.06. The number of carboxylic acids is 1. The number of benzene rings is 1. The highest BCUT2D eigenvalue weighted by molar-refractivity contribution is 5.78. The molecule has 0 spiro atoms. The summed E-state index contributed by atoms with van der Waals surface area (Å²) in [4.78, 5) is 10.3. The van der Waals surface area contributed by atoms with Crippen molar-refractivity contribution in [3.8, 4) is 5.75 Å². The van der Waals surface area contributed by atoms with Crippen molar-refractivity contribution in [1.82, 2.24) is 0 Å². The number of halogens is 4. The molecule has 16 heavy (non-hydrogen) atoms. The van der Waals surface area contributed by atoms with E-state index in [1.807, 2.05) is 0 Å². The minimum Gasteiger partial charge on any atom is -0.496 e. The fourth-order valence-corrected chi connectivity index (χ4v) is 1.06. The molecule has 1 N–H and O–H groups in total. The van der Waals surface area contributed by atoms with Gasteiger partial charge in [0.05, 0.1) is 12.7 Å². The van der Waals surface area contributed by atoms with Gasteiger partial charge in [0.15, 0.2) is 11.6 Å². The smallest absolute Gasteiger partial charge is 0.379 e. The zero-order valence-electron chi connectivity index (χ0n) is 7.93. The molecule has 0 aromatic heterocycles. The number of ether oxygens (including phenoxy) is 1. The highest BCUT2D eigenvalue weighted by Gasteiger charge is 2.44. The van der Waals surface area contributed by atoms with Crippen LogP contribution in [0.5, 0.6) is 5.75 Å². The van der Waals surface area contributed by atoms with Crippen molar-refractivity contribution in [2.75, 3.05) is 7.11 Å². The van der Waals surface area contributed by atoms with Gasteiger partial charge in [0, 0.05) is 6.07 Å². The minimum absolute atomic E-state index is 0.0995. The molecule has 0 bridgehead atoms. The SMILES string of the molecule is COc1cc(F)c(F)cc1C(F)(F)C(=O)O. The van der Waals surface area contributed by atoms with Gasteiger partial charge in [-0.25, -0.2) is 13.6 Å². The summed E-state index contributed by atoms with van der Waals surface area (Å²) in [6, 6.07) is 0.462. The highest BCUT2D eigenvalue weighted by Crippen LogP contribution is 2.36. The number of rotatable bonds is 3. The fraction of sp³-hybridized carbons (Fsp3) is 0.222. The average Bonchev–Trinajstić information content (AvgIpc) is 2.20. The van der Waals surface area contributed by atoms with Crippen molar-refractivity contribution in [3.05, 3.63) is 29.3 Å². The molecule has 0 saturated heterocycles. The first-order valence-electron chi connectivity index (χ1n) is 3.95. The maximum atomic E-state index is 13.1. The summed E-state index contributed by atoms with van der Waals surface area (Å²) in [5.74, 6) is -10.5. The van der Waals surface area contributed by atoms with Gasteiger partial charge < -0.3 is 9.84 Å². The Hall–Kier alpha value is -1.79. The maximum Gasteiger partial charge on any atom is 0.379 e. The first-order chi connectivity index (χ1) is 7.30. The number of alkyl halides is 2. The topological polar surface area (TPSA) is 46.5 Å². The lowest BCUT2D eigenvalue weighted by molar-refractivity contribution is -0.166. The molecule has 0 heterocycles. The lowest BCUT2D eigenvalue weighted by Crippen LogP contribution is -2.26. The average molecular weight is 238 g/mol. The second-order valence-electron chi connectivity index (χ2n) is 2.85. The first kappa shape index (κ1) is 12.3. The van der Waals surface area contributed by atoms with Crippen LogP contribution < -0.4 is 4.74 Å². The van der Waals surface area contributed by atoms with E-state index in [9.17, 15) is 22.4 Å². The van der Waals surface area contributed by atoms with Crippen LogP contribution in [-0.2, 0) is 10.7 Å². The zero-order valence-corrected chi connectivity index (χ0v) is 7.93. The number of carbonyl (C=O) groups is 1. The molecule has 0 atom stereocenters. The Kier molecular flexibility index (Phi) is 3.06. The van der Waals surface area contributed by atoms with Crippen LogP contribution in [0.1, 0.15) is 5.56 Å². The quantitative estimate of drug-likeness (QED) is 0.820. The van der Waals surface area contributed by atoms with Crippen molar-refractivity contribution in [3.63, 3.8) is 0 Å². The molecule has 0 radical (unpaired) electrons. The molecule has 1 aromatic rings. The molecule has 0 aliphatic rings. The first-order valence-corrected chi connectivity index (χ1v) is 3.95. The molecule has 7 heteroatoms. The minimum atomic E-state index is -4.35. The van der Waals surface area contributed by atoms with Gasteiger partial charge in [-0.3, -0.25) is 0 Å². The molecule has 0 unspecified atom stereocenters. The zero-order chi connectivity index (χ0) is 12.5. The lowest BCUT2D eigenvalue weighted by Gasteiger charge is -2.15. The predicted molar refractivity (Wildman–Crippen MR) is 44.4 cm³/mol. The largest absolute Gasteiger partial charge is 0.496 e. The highest BCUT2D eigenvalue weighted by atomic mass is 19.3. The third-order valence-corrected chi connectivity index (χ3v) is 1.85. The van der Waals surface area contributed by atoms with Crippen LogP contribution in [0.2, 0.25) is 0 Å². The number of carboxylic acid groups (broad SMARTS) is 1. The van der Waals surface area contributed by atoms with Gasteiger partial charge in [0.1, 0.15) is 5.75 Å². The van der Waals surface area contributed by atoms with E-state index < -0.39 is 34.8 Å². The van der Waals surface area contributed by atoms with Crippen molar-refractivity contribution in [2.45, 2.75) is 5.92 Å². The number of aliphatic carboxylic acids is 1. The molecule has 0 aliphatic heterocycles. The van der Waals surface area contributed by atoms with Crippen LogP contribution >= 0.6 is 0 Å². The molecule has 0 amide bonds. The number of methoxy groups -OCH3 is 1. The Bertz CT molecular complexity index is 431. The molecular weight excluding hydrogens is 232 g/mol. The monoisotopic (exact) mass is 238 g/mol. The summed E-state index contributed by atoms with van der Waals surface area (Å²) in [5, 5.41) is 8.25. The Morgan fingerprint density at radius 1 is 1.31 bits per heavy atom. The van der Waals surface area contributed by atoms with Crippen LogP contribution in [0.3, 0.4) is 0 Å². The molecule has 1 aromatic carbocycles. The summed E-state index contributed by atoms with van der Waals surface area (Å²) >= 11 is 0. The van der Waals surface area contributed by atoms with E-state index >= 15 is 0 Å². The van der Waals surface area contributed by atoms with E-state index in [0.717, 1.165) is 7.11 Å². The predicted octanol–water partition coefficient (Wildman–Crippen LogP) is 2.15. The molecule has 88 valence electrons. The standard InChI is InChI=1S/C9H6F4O3/c1-16-7-3-6(11)5(10)2-4(7)9(12,13)8(14)15/h2-3H,1H3,(H,14,15). The molecule has 1 rings (SSSR count). The van der Waals surface area contributed by atoms with Crippen LogP contribution in [0, 0.1) is 11.6 Å². The van der Waals surface area contributed by atoms with Gasteiger partial charge in [-0.1, -0.05) is 0 Å². The molecule has 0 saturated carbocycles. The van der Waals surface area contributed by atoms with Gasteiger partial charge in [0.25, 0.3) is 0 Å². The van der Waals surface area contributed by atoms with Crippen LogP contribution in [0.25, 0.3) is 0 Å². The van der Waals surface area contributed by atoms with Gasteiger partial charge in [-0.2, -0.15) is 8.78 Å². The molecule has 0 aliphatic carbocycles. The Morgan fingerprint density at radius 2 is 1.81 bits per heavy atom. The van der Waals surface area contributed by atoms with Crippen molar-refractivity contribution in [1.29, 1.82) is 0 Å². The summed E-state index contributed by atoms with van der Waals surface area (Å²) in [6.07, 6.45) is 0. The van der Waals surface area contributed by atoms with Gasteiger partial charge in [0.2, 0.25) is 0 Å². The second kappa shape index (κ2) is 3.99. The van der Waals surface area contributed by atoms with Crippen LogP contribution in [0.4, 0.5) is 17.6 Å². The molecule has 0 fully saturated rings. The maximum absolute atomic E-state index is 13.1. The third kappa shape index (κ3) is 1.93. The van der Waals surface area contributed by atoms with Gasteiger partial charge in [-0.15, -0.1) is 0 Å². The van der Waals surface area contributed by atoms with E-state index in [0.29, 0.717) is 6.07 Å². The molecular formula is C9H6F4O3. The number of hydrogen-bond donors (Lipinski definition) is 1. The van der Waals surface area contributed by atoms with E-state index in [-0.39, 0.29) is 6.07 Å². The van der Waals surface area contributed by atoms with Crippen LogP contribution in [0.15, 0.2) is 12.1 Å². The Labute approximate surface area is 87.3 Å². The number of hydrogen-bond acceptors (Lipinski definition) is 2. The normalized spacial score (nSPS) is 11.3. The molecule has 3 nitrogen and oxygen atoms in total. The summed E-state index contributed by atoms with van der Waals surface area (Å²) in [5.41, 5.74) is -1.23. The summed E-state index contributed by atoms with van der Waals surface area (Å²) in [7, 11) is 0.939. The summed E-state index contributed by atoms with van der Waals surface area (Å²) < 4.78 is 55.9. The van der Waals surface area contributed by atoms with Crippen molar-refractivity contribution < 1.29 is 32.2 Å². The summed E-state index contributed by atoms with van der Waals surface area (Å²) in [6.45, 7) is 0. The lowest BCUT2D eigenvalue weighted by atomic mass is 10.1.